The lowest BCUT2D eigenvalue weighted by Crippen LogP contribution is -2.47. The van der Waals surface area contributed by atoms with Gasteiger partial charge in [-0.05, 0) is 18.2 Å². The lowest BCUT2D eigenvalue weighted by Gasteiger charge is -2.34. The molecule has 0 bridgehead atoms. The Morgan fingerprint density at radius 1 is 1.15 bits per heavy atom. The highest BCUT2D eigenvalue weighted by atomic mass is 35.5. The van der Waals surface area contributed by atoms with Crippen molar-refractivity contribution in [1.29, 1.82) is 0 Å². The molecule has 1 aromatic carbocycles. The summed E-state index contributed by atoms with van der Waals surface area (Å²) in [6.45, 7) is 2.21. The summed E-state index contributed by atoms with van der Waals surface area (Å²) in [4.78, 5) is 1.59. The Morgan fingerprint density at radius 2 is 1.75 bits per heavy atom. The van der Waals surface area contributed by atoms with Crippen LogP contribution in [0.5, 0.6) is 0 Å². The summed E-state index contributed by atoms with van der Waals surface area (Å²) < 4.78 is 40.1. The van der Waals surface area contributed by atoms with Crippen LogP contribution in [-0.4, -0.2) is 37.5 Å². The molecule has 0 aliphatic carbocycles. The zero-order valence-electron chi connectivity index (χ0n) is 10.5. The van der Waals surface area contributed by atoms with Crippen LogP contribution in [0, 0.1) is 5.82 Å². The van der Waals surface area contributed by atoms with E-state index < -0.39 is 18.3 Å². The van der Waals surface area contributed by atoms with Gasteiger partial charge in [-0.25, -0.2) is 13.2 Å². The van der Waals surface area contributed by atoms with Gasteiger partial charge in [0, 0.05) is 36.8 Å². The molecule has 2 nitrogen and oxygen atoms in total. The molecule has 0 amide bonds. The Hall–Kier alpha value is -0.200. The van der Waals surface area contributed by atoms with Gasteiger partial charge < -0.3 is 5.32 Å². The van der Waals surface area contributed by atoms with Crippen molar-refractivity contribution in [3.05, 3.63) is 34.6 Å². The van der Waals surface area contributed by atoms with Gasteiger partial charge in [0.05, 0.1) is 6.04 Å². The van der Waals surface area contributed by atoms with Crippen molar-refractivity contribution in [3.63, 3.8) is 0 Å². The maximum atomic E-state index is 13.7. The minimum atomic E-state index is -2.64. The van der Waals surface area contributed by atoms with E-state index in [9.17, 15) is 13.2 Å². The maximum absolute atomic E-state index is 13.7. The summed E-state index contributed by atoms with van der Waals surface area (Å²) in [5.74, 6) is -0.636. The first-order chi connectivity index (χ1) is 8.59. The van der Waals surface area contributed by atoms with Gasteiger partial charge in [0.2, 0.25) is 0 Å². The first kappa shape index (κ1) is 19.8. The second kappa shape index (κ2) is 8.95. The zero-order chi connectivity index (χ0) is 13.1. The number of halogens is 6. The largest absolute Gasteiger partial charge is 0.314 e. The van der Waals surface area contributed by atoms with E-state index in [-0.39, 0.29) is 35.4 Å². The standard InChI is InChI=1S/C12H14ClF3N2.2ClH/c13-8-1-2-10(14)9(7-8)11(12(15)16)18-5-3-17-4-6-18;;/h1-2,7,11-12,17H,3-6H2;2*1H/t11-;;/m0../s1. The minimum absolute atomic E-state index is 0. The number of benzene rings is 1. The van der Waals surface area contributed by atoms with Gasteiger partial charge in [-0.2, -0.15) is 0 Å². The fourth-order valence-electron chi connectivity index (χ4n) is 2.19. The third kappa shape index (κ3) is 4.67. The molecule has 0 unspecified atom stereocenters. The quantitative estimate of drug-likeness (QED) is 0.896. The van der Waals surface area contributed by atoms with Gasteiger partial charge in [-0.1, -0.05) is 11.6 Å². The molecule has 1 atom stereocenters. The van der Waals surface area contributed by atoms with Crippen LogP contribution in [0.25, 0.3) is 0 Å². The molecular weight excluding hydrogens is 335 g/mol. The van der Waals surface area contributed by atoms with Crippen molar-refractivity contribution in [2.24, 2.45) is 0 Å². The molecule has 20 heavy (non-hydrogen) atoms. The molecule has 1 aliphatic rings. The Balaban J connectivity index is 0.00000180. The average Bonchev–Trinajstić information content (AvgIpc) is 2.35. The van der Waals surface area contributed by atoms with E-state index in [4.69, 9.17) is 11.6 Å². The number of nitrogens with one attached hydrogen (secondary N) is 1. The summed E-state index contributed by atoms with van der Waals surface area (Å²) in [5.41, 5.74) is -0.0283. The predicted octanol–water partition coefficient (Wildman–Crippen LogP) is 3.53. The van der Waals surface area contributed by atoms with Crippen LogP contribution in [0.1, 0.15) is 11.6 Å². The van der Waals surface area contributed by atoms with Crippen LogP contribution in [0.3, 0.4) is 0 Å². The summed E-state index contributed by atoms with van der Waals surface area (Å²) in [7, 11) is 0. The molecule has 1 aliphatic heterocycles. The van der Waals surface area contributed by atoms with E-state index in [1.54, 1.807) is 4.90 Å². The Morgan fingerprint density at radius 3 is 2.30 bits per heavy atom. The Kier molecular flexibility index (Phi) is 8.86. The number of nitrogens with zero attached hydrogens (tertiary/aromatic N) is 1. The molecular formula is C12H16Cl3F3N2. The number of rotatable bonds is 3. The number of alkyl halides is 2. The van der Waals surface area contributed by atoms with E-state index in [0.717, 1.165) is 6.07 Å². The highest BCUT2D eigenvalue weighted by Gasteiger charge is 2.32. The highest BCUT2D eigenvalue weighted by Crippen LogP contribution is 2.31. The summed E-state index contributed by atoms with van der Waals surface area (Å²) in [6.07, 6.45) is -2.64. The Bertz CT molecular complexity index is 415. The number of hydrogen-bond acceptors (Lipinski definition) is 2. The molecule has 1 aromatic rings. The number of piperazine rings is 1. The minimum Gasteiger partial charge on any atom is -0.314 e. The Labute approximate surface area is 133 Å². The SMILES string of the molecule is Cl.Cl.Fc1ccc(Cl)cc1[C@@H](C(F)F)N1CCNCC1. The summed E-state index contributed by atoms with van der Waals surface area (Å²) in [5, 5.41) is 3.35. The van der Waals surface area contributed by atoms with Crippen molar-refractivity contribution in [1.82, 2.24) is 10.2 Å². The normalized spacial score (nSPS) is 17.2. The van der Waals surface area contributed by atoms with Gasteiger partial charge in [-0.15, -0.1) is 24.8 Å². The molecule has 116 valence electrons. The van der Waals surface area contributed by atoms with E-state index in [1.807, 2.05) is 0 Å². The molecule has 8 heteroatoms. The molecule has 0 aromatic heterocycles. The first-order valence-corrected chi connectivity index (χ1v) is 6.15. The second-order valence-corrected chi connectivity index (χ2v) is 4.67. The van der Waals surface area contributed by atoms with Gasteiger partial charge in [0.15, 0.2) is 0 Å². The fraction of sp³-hybridized carbons (Fsp3) is 0.500. The van der Waals surface area contributed by atoms with Crippen LogP contribution in [0.2, 0.25) is 5.02 Å². The van der Waals surface area contributed by atoms with Crippen molar-refractivity contribution in [3.8, 4) is 0 Å². The highest BCUT2D eigenvalue weighted by molar-refractivity contribution is 6.30. The third-order valence-electron chi connectivity index (χ3n) is 3.06. The average molecular weight is 352 g/mol. The molecule has 1 N–H and O–H groups in total. The van der Waals surface area contributed by atoms with Crippen molar-refractivity contribution in [2.45, 2.75) is 12.5 Å². The monoisotopic (exact) mass is 350 g/mol. The van der Waals surface area contributed by atoms with E-state index in [0.29, 0.717) is 26.2 Å². The van der Waals surface area contributed by atoms with Crippen molar-refractivity contribution in [2.75, 3.05) is 26.2 Å². The third-order valence-corrected chi connectivity index (χ3v) is 3.30. The molecule has 1 saturated heterocycles. The molecule has 1 fully saturated rings. The summed E-state index contributed by atoms with van der Waals surface area (Å²) >= 11 is 5.76. The van der Waals surface area contributed by atoms with Crippen molar-refractivity contribution < 1.29 is 13.2 Å². The second-order valence-electron chi connectivity index (χ2n) is 4.23. The summed E-state index contributed by atoms with van der Waals surface area (Å²) in [6, 6.07) is 2.55. The van der Waals surface area contributed by atoms with Gasteiger partial charge in [0.25, 0.3) is 6.43 Å². The number of hydrogen-bond donors (Lipinski definition) is 1. The lowest BCUT2D eigenvalue weighted by molar-refractivity contribution is 0.0164. The van der Waals surface area contributed by atoms with E-state index in [2.05, 4.69) is 5.32 Å². The van der Waals surface area contributed by atoms with Crippen molar-refractivity contribution >= 4 is 36.4 Å². The van der Waals surface area contributed by atoms with E-state index >= 15 is 0 Å². The van der Waals surface area contributed by atoms with Crippen LogP contribution < -0.4 is 5.32 Å². The molecule has 0 spiro atoms. The predicted molar refractivity (Wildman–Crippen MR) is 79.1 cm³/mol. The lowest BCUT2D eigenvalue weighted by atomic mass is 10.0. The smallest absolute Gasteiger partial charge is 0.258 e. The molecule has 1 heterocycles. The fourth-order valence-corrected chi connectivity index (χ4v) is 2.37. The van der Waals surface area contributed by atoms with Crippen LogP contribution in [0.15, 0.2) is 18.2 Å². The van der Waals surface area contributed by atoms with Crippen LogP contribution in [-0.2, 0) is 0 Å². The van der Waals surface area contributed by atoms with Gasteiger partial charge in [0.1, 0.15) is 5.82 Å². The molecule has 0 radical (unpaired) electrons. The molecule has 2 rings (SSSR count). The van der Waals surface area contributed by atoms with Crippen LogP contribution >= 0.6 is 36.4 Å². The molecule has 0 saturated carbocycles. The van der Waals surface area contributed by atoms with Gasteiger partial charge >= 0.3 is 0 Å². The zero-order valence-corrected chi connectivity index (χ0v) is 12.9. The van der Waals surface area contributed by atoms with Crippen LogP contribution in [0.4, 0.5) is 13.2 Å². The maximum Gasteiger partial charge on any atom is 0.258 e. The first-order valence-electron chi connectivity index (χ1n) is 5.77. The topological polar surface area (TPSA) is 15.3 Å². The van der Waals surface area contributed by atoms with E-state index in [1.165, 1.54) is 12.1 Å². The van der Waals surface area contributed by atoms with Gasteiger partial charge in [-0.3, -0.25) is 4.90 Å².